The summed E-state index contributed by atoms with van der Waals surface area (Å²) < 4.78 is 0. The van der Waals surface area contributed by atoms with Gasteiger partial charge < -0.3 is 5.11 Å². The lowest BCUT2D eigenvalue weighted by Gasteiger charge is -2.33. The lowest BCUT2D eigenvalue weighted by atomic mass is 9.72. The Hall–Kier alpha value is -0.980. The van der Waals surface area contributed by atoms with Crippen LogP contribution in [0.3, 0.4) is 0 Å². The van der Waals surface area contributed by atoms with Gasteiger partial charge in [0.2, 0.25) is 0 Å². The van der Waals surface area contributed by atoms with Crippen LogP contribution >= 0.6 is 0 Å². The first-order valence-corrected chi connectivity index (χ1v) is 34.2. The molecule has 1 N–H and O–H groups in total. The monoisotopic (exact) mass is 1020 g/mol. The molecule has 0 amide bonds. The molecule has 0 aliphatic heterocycles. The number of unbranched alkanes of at least 4 members (excludes halogenated alkanes) is 45. The van der Waals surface area contributed by atoms with Gasteiger partial charge in [-0.3, -0.25) is 0 Å². The first-order valence-electron chi connectivity index (χ1n) is 34.2. The predicted octanol–water partition coefficient (Wildman–Crippen LogP) is 26.1. The molecule has 0 bridgehead atoms. The largest absolute Gasteiger partial charge is 0.508 e. The zero-order valence-corrected chi connectivity index (χ0v) is 52.3. The Morgan fingerprint density at radius 2 is 0.438 bits per heavy atom. The number of benzene rings is 1. The van der Waals surface area contributed by atoms with Crippen molar-refractivity contribution in [3.8, 4) is 5.75 Å². The van der Waals surface area contributed by atoms with Crippen molar-refractivity contribution in [2.45, 2.75) is 409 Å². The molecule has 0 fully saturated rings. The molecule has 0 radical (unpaired) electrons. The van der Waals surface area contributed by atoms with Gasteiger partial charge in [-0.2, -0.15) is 0 Å². The lowest BCUT2D eigenvalue weighted by Crippen LogP contribution is -2.23. The lowest BCUT2D eigenvalue weighted by molar-refractivity contribution is 0.292. The second kappa shape index (κ2) is 48.2. The van der Waals surface area contributed by atoms with E-state index >= 15 is 0 Å². The highest BCUT2D eigenvalue weighted by Gasteiger charge is 2.29. The van der Waals surface area contributed by atoms with E-state index in [0.29, 0.717) is 5.75 Å². The van der Waals surface area contributed by atoms with Crippen molar-refractivity contribution in [3.63, 3.8) is 0 Å². The van der Waals surface area contributed by atoms with Crippen LogP contribution in [-0.4, -0.2) is 5.11 Å². The molecular weight excluding hydrogens is 881 g/mol. The normalized spacial score (nSPS) is 12.5. The number of phenolic OH excluding ortho intramolecular Hbond substituents is 1. The zero-order chi connectivity index (χ0) is 53.4. The number of rotatable bonds is 57. The third-order valence-corrected chi connectivity index (χ3v) is 17.6. The van der Waals surface area contributed by atoms with Crippen molar-refractivity contribution in [2.24, 2.45) is 16.2 Å². The number of phenols is 1. The van der Waals surface area contributed by atoms with E-state index in [1.807, 2.05) is 0 Å². The number of aromatic hydroxyl groups is 1. The predicted molar refractivity (Wildman–Crippen MR) is 333 cm³/mol. The molecule has 0 saturated carbocycles. The fourth-order valence-corrected chi connectivity index (χ4v) is 12.5. The Labute approximate surface area is 462 Å². The Kier molecular flexibility index (Phi) is 46.2. The van der Waals surface area contributed by atoms with E-state index in [9.17, 15) is 5.11 Å². The summed E-state index contributed by atoms with van der Waals surface area (Å²) in [6.07, 6.45) is 75.5. The Morgan fingerprint density at radius 1 is 0.247 bits per heavy atom. The van der Waals surface area contributed by atoms with Crippen molar-refractivity contribution >= 4 is 0 Å². The molecule has 0 heterocycles. The molecule has 0 aromatic heterocycles. The molecule has 73 heavy (non-hydrogen) atoms. The maximum Gasteiger partial charge on any atom is 0.119 e. The quantitative estimate of drug-likeness (QED) is 0.0645. The molecule has 0 unspecified atom stereocenters. The van der Waals surface area contributed by atoms with Crippen LogP contribution in [0.5, 0.6) is 5.75 Å². The Morgan fingerprint density at radius 3 is 0.671 bits per heavy atom. The van der Waals surface area contributed by atoms with Gasteiger partial charge in [-0.15, -0.1) is 0 Å². The van der Waals surface area contributed by atoms with Crippen molar-refractivity contribution in [3.05, 3.63) is 28.8 Å². The summed E-state index contributed by atoms with van der Waals surface area (Å²) in [7, 11) is 0. The van der Waals surface area contributed by atoms with Gasteiger partial charge in [-0.05, 0) is 77.5 Å². The molecule has 0 aliphatic carbocycles. The van der Waals surface area contributed by atoms with E-state index in [0.717, 1.165) is 19.3 Å². The average molecular weight is 1020 g/mol. The first-order chi connectivity index (χ1) is 35.4. The molecule has 0 spiro atoms. The van der Waals surface area contributed by atoms with Gasteiger partial charge in [0.25, 0.3) is 0 Å². The average Bonchev–Trinajstić information content (AvgIpc) is 3.35. The molecule has 432 valence electrons. The molecule has 1 rings (SSSR count). The van der Waals surface area contributed by atoms with E-state index in [4.69, 9.17) is 0 Å². The van der Waals surface area contributed by atoms with Crippen LogP contribution in [0, 0.1) is 16.2 Å². The van der Waals surface area contributed by atoms with Gasteiger partial charge in [0.15, 0.2) is 0 Å². The zero-order valence-electron chi connectivity index (χ0n) is 52.3. The van der Waals surface area contributed by atoms with Gasteiger partial charge in [-0.25, -0.2) is 0 Å². The maximum absolute atomic E-state index is 11.8. The summed E-state index contributed by atoms with van der Waals surface area (Å²) in [5.74, 6) is 0.563. The highest BCUT2D eigenvalue weighted by atomic mass is 16.3. The minimum atomic E-state index is 0.182. The topological polar surface area (TPSA) is 20.2 Å². The fraction of sp³-hybridized carbons (Fsp3) is 0.917. The minimum Gasteiger partial charge on any atom is -0.508 e. The van der Waals surface area contributed by atoms with Crippen LogP contribution in [-0.2, 0) is 19.3 Å². The van der Waals surface area contributed by atoms with Crippen molar-refractivity contribution in [2.75, 3.05) is 0 Å². The summed E-state index contributed by atoms with van der Waals surface area (Å²) in [6, 6.07) is 4.43. The summed E-state index contributed by atoms with van der Waals surface area (Å²) in [4.78, 5) is 0. The second-order valence-electron chi connectivity index (χ2n) is 27.4. The number of hydrogen-bond acceptors (Lipinski definition) is 1. The van der Waals surface area contributed by atoms with Crippen LogP contribution < -0.4 is 0 Å². The summed E-state index contributed by atoms with van der Waals surface area (Å²) in [5.41, 5.74) is 5.01. The SMILES string of the molecule is CCCCCCCCCCCCCCCCCCC(C)(C)Cc1ccc(O)c(CC(C)(C)CCCCCCCCCCCCCCCCCC)c1CC(C)(C)CCCCCCCCCCCCCCCCCC. The van der Waals surface area contributed by atoms with Gasteiger partial charge >= 0.3 is 0 Å². The standard InChI is InChI=1S/C72H138O/c1-10-13-16-19-22-25-28-31-34-37-40-43-46-49-52-55-60-70(4,5)63-66-58-59-69(73)68(65-72(8,9)62-57-54-51-48-45-42-39-36-33-30-27-24-21-18-15-12-3)67(66)64-71(6,7)61-56-53-50-47-44-41-38-35-32-29-26-23-20-17-14-11-2/h58-59,73H,10-57,60-65H2,1-9H3. The molecule has 1 aromatic carbocycles. The van der Waals surface area contributed by atoms with E-state index in [-0.39, 0.29) is 16.2 Å². The van der Waals surface area contributed by atoms with Crippen LogP contribution in [0.15, 0.2) is 12.1 Å². The molecule has 0 aliphatic rings. The van der Waals surface area contributed by atoms with E-state index in [2.05, 4.69) is 74.4 Å². The van der Waals surface area contributed by atoms with Gasteiger partial charge in [0, 0.05) is 0 Å². The van der Waals surface area contributed by atoms with Gasteiger partial charge in [0.1, 0.15) is 5.75 Å². The maximum atomic E-state index is 11.8. The summed E-state index contributed by atoms with van der Waals surface area (Å²) >= 11 is 0. The van der Waals surface area contributed by atoms with Crippen LogP contribution in [0.1, 0.15) is 406 Å². The molecular formula is C72H138O. The van der Waals surface area contributed by atoms with E-state index in [1.165, 1.54) is 344 Å². The third kappa shape index (κ3) is 43.7. The Balaban J connectivity index is 2.69. The van der Waals surface area contributed by atoms with Gasteiger partial charge in [0.05, 0.1) is 0 Å². The van der Waals surface area contributed by atoms with Crippen molar-refractivity contribution in [1.29, 1.82) is 0 Å². The van der Waals surface area contributed by atoms with Crippen molar-refractivity contribution in [1.82, 2.24) is 0 Å². The summed E-state index contributed by atoms with van der Waals surface area (Å²) in [5, 5.41) is 11.8. The Bertz CT molecular complexity index is 1300. The highest BCUT2D eigenvalue weighted by Crippen LogP contribution is 2.41. The molecule has 1 nitrogen and oxygen atoms in total. The smallest absolute Gasteiger partial charge is 0.119 e. The third-order valence-electron chi connectivity index (χ3n) is 17.6. The van der Waals surface area contributed by atoms with Crippen LogP contribution in [0.2, 0.25) is 0 Å². The highest BCUT2D eigenvalue weighted by molar-refractivity contribution is 5.46. The van der Waals surface area contributed by atoms with Crippen LogP contribution in [0.4, 0.5) is 0 Å². The van der Waals surface area contributed by atoms with Crippen LogP contribution in [0.25, 0.3) is 0 Å². The second-order valence-corrected chi connectivity index (χ2v) is 27.4. The molecule has 1 aromatic rings. The van der Waals surface area contributed by atoms with E-state index in [1.54, 1.807) is 0 Å². The fourth-order valence-electron chi connectivity index (χ4n) is 12.5. The number of hydrogen-bond donors (Lipinski definition) is 1. The molecule has 1 heteroatoms. The first kappa shape index (κ1) is 70.0. The molecule has 0 saturated heterocycles. The summed E-state index contributed by atoms with van der Waals surface area (Å²) in [6.45, 7) is 22.1. The van der Waals surface area contributed by atoms with E-state index < -0.39 is 0 Å². The van der Waals surface area contributed by atoms with Crippen molar-refractivity contribution < 1.29 is 5.11 Å². The molecule has 0 atom stereocenters. The van der Waals surface area contributed by atoms with Gasteiger partial charge in [-0.1, -0.05) is 377 Å². The minimum absolute atomic E-state index is 0.182.